The average molecular weight is 369 g/mol. The molecule has 1 amide bonds. The number of ether oxygens (including phenoxy) is 1. The quantitative estimate of drug-likeness (QED) is 0.666. The van der Waals surface area contributed by atoms with E-state index in [1.807, 2.05) is 60.7 Å². The first-order valence-electron chi connectivity index (χ1n) is 8.17. The topological polar surface area (TPSA) is 69.3 Å². The Morgan fingerprint density at radius 1 is 1.15 bits per heavy atom. The summed E-state index contributed by atoms with van der Waals surface area (Å²) in [6.07, 6.45) is -0.0297. The molecule has 1 N–H and O–H groups in total. The number of nitrogens with one attached hydrogen (secondary N) is 1. The lowest BCUT2D eigenvalue weighted by molar-refractivity contribution is 0.133. The number of carbonyl (C=O) groups excluding carboxylic acids is 1. The fourth-order valence-electron chi connectivity index (χ4n) is 2.46. The first-order valence-corrected chi connectivity index (χ1v) is 8.58. The fraction of sp³-hybridized carbons (Fsp3) is 0.211. The van der Waals surface area contributed by atoms with Crippen molar-refractivity contribution in [3.63, 3.8) is 0 Å². The normalized spacial score (nSPS) is 11.7. The van der Waals surface area contributed by atoms with Crippen LogP contribution < -0.4 is 5.32 Å². The van der Waals surface area contributed by atoms with Gasteiger partial charge in [-0.05, 0) is 23.3 Å². The largest absolute Gasteiger partial charge is 0.445 e. The molecule has 0 fully saturated rings. The highest BCUT2D eigenvalue weighted by atomic mass is 32.1. The predicted molar refractivity (Wildman–Crippen MR) is 99.0 cm³/mol. The number of alkyl carbamates (subject to hydrolysis) is 1. The summed E-state index contributed by atoms with van der Waals surface area (Å²) in [6, 6.07) is 18.8. The summed E-state index contributed by atoms with van der Waals surface area (Å²) in [5.74, 6) is 0.345. The molecular weight excluding hydrogens is 350 g/mol. The van der Waals surface area contributed by atoms with Crippen molar-refractivity contribution in [2.24, 2.45) is 7.05 Å². The van der Waals surface area contributed by atoms with Gasteiger partial charge in [-0.2, -0.15) is 0 Å². The minimum absolute atomic E-state index is 0.191. The van der Waals surface area contributed by atoms with Crippen molar-refractivity contribution in [2.75, 3.05) is 0 Å². The Balaban J connectivity index is 1.70. The Bertz CT molecular complexity index is 907. The summed E-state index contributed by atoms with van der Waals surface area (Å²) in [4.78, 5) is 12.5. The van der Waals surface area contributed by atoms with Crippen molar-refractivity contribution in [1.29, 1.82) is 0 Å². The van der Waals surface area contributed by atoms with Crippen molar-refractivity contribution in [3.8, 4) is 0 Å². The summed E-state index contributed by atoms with van der Waals surface area (Å²) in [5.41, 5.74) is 1.95. The second kappa shape index (κ2) is 8.44. The number of amides is 1. The van der Waals surface area contributed by atoms with Gasteiger partial charge in [0.05, 0.1) is 0 Å². The number of aromatic nitrogens is 2. The monoisotopic (exact) mass is 369 g/mol. The number of benzene rings is 2. The van der Waals surface area contributed by atoms with Crippen LogP contribution in [-0.4, -0.2) is 15.9 Å². The molecule has 26 heavy (non-hydrogen) atoms. The van der Waals surface area contributed by atoms with Crippen LogP contribution in [0.3, 0.4) is 0 Å². The molecular formula is C19H19N3O3S. The fourth-order valence-corrected chi connectivity index (χ4v) is 2.59. The Labute approximate surface area is 156 Å². The lowest BCUT2D eigenvalue weighted by atomic mass is 10.1. The summed E-state index contributed by atoms with van der Waals surface area (Å²) < 4.78 is 12.3. The van der Waals surface area contributed by atoms with E-state index >= 15 is 0 Å². The number of hydrogen-bond donors (Lipinski definition) is 1. The van der Waals surface area contributed by atoms with Gasteiger partial charge in [-0.3, -0.25) is 0 Å². The van der Waals surface area contributed by atoms with Crippen LogP contribution in [-0.2, 0) is 24.8 Å². The van der Waals surface area contributed by atoms with Crippen LogP contribution in [0.25, 0.3) is 0 Å². The van der Waals surface area contributed by atoms with Gasteiger partial charge in [-0.15, -0.1) is 5.10 Å². The van der Waals surface area contributed by atoms with Gasteiger partial charge in [-0.25, -0.2) is 9.48 Å². The van der Waals surface area contributed by atoms with Gasteiger partial charge in [0, 0.05) is 13.5 Å². The molecule has 0 aliphatic carbocycles. The highest BCUT2D eigenvalue weighted by molar-refractivity contribution is 7.71. The molecule has 0 aliphatic rings. The van der Waals surface area contributed by atoms with E-state index in [2.05, 4.69) is 10.4 Å². The Morgan fingerprint density at radius 3 is 2.35 bits per heavy atom. The molecule has 1 unspecified atom stereocenters. The molecule has 3 rings (SSSR count). The van der Waals surface area contributed by atoms with Gasteiger partial charge in [0.25, 0.3) is 4.84 Å². The van der Waals surface area contributed by atoms with Gasteiger partial charge < -0.3 is 14.5 Å². The van der Waals surface area contributed by atoms with Gasteiger partial charge in [-0.1, -0.05) is 60.7 Å². The molecule has 6 nitrogen and oxygen atoms in total. The number of rotatable bonds is 6. The third-order valence-corrected chi connectivity index (χ3v) is 4.14. The van der Waals surface area contributed by atoms with Crippen LogP contribution in [0.15, 0.2) is 65.1 Å². The molecule has 0 spiro atoms. The highest BCUT2D eigenvalue weighted by Gasteiger charge is 2.22. The maximum absolute atomic E-state index is 12.2. The van der Waals surface area contributed by atoms with Gasteiger partial charge in [0.1, 0.15) is 12.6 Å². The van der Waals surface area contributed by atoms with Crippen LogP contribution in [0.1, 0.15) is 23.1 Å². The molecule has 1 atom stereocenters. The SMILES string of the molecule is Cn1nc(C(Cc2ccccc2)NC(=O)OCc2ccccc2)oc1=S. The molecule has 0 saturated carbocycles. The van der Waals surface area contributed by atoms with E-state index in [9.17, 15) is 4.79 Å². The van der Waals surface area contributed by atoms with Crippen LogP contribution in [0.2, 0.25) is 0 Å². The van der Waals surface area contributed by atoms with Crippen LogP contribution in [0, 0.1) is 4.84 Å². The minimum Gasteiger partial charge on any atom is -0.445 e. The van der Waals surface area contributed by atoms with Crippen molar-refractivity contribution in [2.45, 2.75) is 19.1 Å². The van der Waals surface area contributed by atoms with E-state index < -0.39 is 12.1 Å². The van der Waals surface area contributed by atoms with E-state index in [4.69, 9.17) is 21.4 Å². The third-order valence-electron chi connectivity index (χ3n) is 3.79. The summed E-state index contributed by atoms with van der Waals surface area (Å²) >= 11 is 5.08. The molecule has 0 aliphatic heterocycles. The van der Waals surface area contributed by atoms with Crippen molar-refractivity contribution in [3.05, 3.63) is 82.5 Å². The third kappa shape index (κ3) is 4.80. The lowest BCUT2D eigenvalue weighted by Gasteiger charge is -2.15. The zero-order chi connectivity index (χ0) is 18.4. The molecule has 3 aromatic rings. The first kappa shape index (κ1) is 17.9. The molecule has 0 saturated heterocycles. The molecule has 0 radical (unpaired) electrons. The Kier molecular flexibility index (Phi) is 5.80. The van der Waals surface area contributed by atoms with Gasteiger partial charge in [0.15, 0.2) is 0 Å². The lowest BCUT2D eigenvalue weighted by Crippen LogP contribution is -2.30. The van der Waals surface area contributed by atoms with Gasteiger partial charge in [0.2, 0.25) is 5.89 Å². The molecule has 1 aromatic heterocycles. The van der Waals surface area contributed by atoms with Crippen LogP contribution in [0.5, 0.6) is 0 Å². The van der Waals surface area contributed by atoms with E-state index in [0.29, 0.717) is 12.3 Å². The van der Waals surface area contributed by atoms with Gasteiger partial charge >= 0.3 is 6.09 Å². The number of carbonyl (C=O) groups is 1. The second-order valence-corrected chi connectivity index (χ2v) is 6.13. The van der Waals surface area contributed by atoms with Crippen LogP contribution >= 0.6 is 12.2 Å². The van der Waals surface area contributed by atoms with E-state index in [1.165, 1.54) is 4.68 Å². The van der Waals surface area contributed by atoms with Crippen molar-refractivity contribution >= 4 is 18.3 Å². The predicted octanol–water partition coefficient (Wildman–Crippen LogP) is 3.95. The zero-order valence-corrected chi connectivity index (χ0v) is 15.1. The maximum atomic E-state index is 12.2. The van der Waals surface area contributed by atoms with E-state index in [-0.39, 0.29) is 11.4 Å². The molecule has 7 heteroatoms. The molecule has 134 valence electrons. The molecule has 0 bridgehead atoms. The number of aryl methyl sites for hydroxylation is 1. The van der Waals surface area contributed by atoms with Crippen molar-refractivity contribution < 1.29 is 13.9 Å². The van der Waals surface area contributed by atoms with E-state index in [0.717, 1.165) is 11.1 Å². The summed E-state index contributed by atoms with van der Waals surface area (Å²) in [7, 11) is 1.70. The minimum atomic E-state index is -0.540. The first-order chi connectivity index (χ1) is 12.6. The maximum Gasteiger partial charge on any atom is 0.408 e. The second-order valence-electron chi connectivity index (χ2n) is 5.78. The smallest absolute Gasteiger partial charge is 0.408 e. The number of nitrogens with zero attached hydrogens (tertiary/aromatic N) is 2. The molecule has 2 aromatic carbocycles. The van der Waals surface area contributed by atoms with Crippen LogP contribution in [0.4, 0.5) is 4.79 Å². The van der Waals surface area contributed by atoms with Crippen molar-refractivity contribution in [1.82, 2.24) is 15.1 Å². The standard InChI is InChI=1S/C19H19N3O3S/c1-22-19(26)25-17(21-22)16(12-14-8-4-2-5-9-14)20-18(23)24-13-15-10-6-3-7-11-15/h2-11,16H,12-13H2,1H3,(H,20,23). The highest BCUT2D eigenvalue weighted by Crippen LogP contribution is 2.18. The molecule has 1 heterocycles. The zero-order valence-electron chi connectivity index (χ0n) is 14.3. The average Bonchev–Trinajstić information content (AvgIpc) is 3.00. The number of hydrogen-bond acceptors (Lipinski definition) is 5. The summed E-state index contributed by atoms with van der Waals surface area (Å²) in [5, 5.41) is 7.07. The Morgan fingerprint density at radius 2 is 1.77 bits per heavy atom. The van der Waals surface area contributed by atoms with E-state index in [1.54, 1.807) is 7.05 Å². The summed E-state index contributed by atoms with van der Waals surface area (Å²) in [6.45, 7) is 0.191. The Hall–Kier alpha value is -2.93.